The fourth-order valence-corrected chi connectivity index (χ4v) is 3.19. The van der Waals surface area contributed by atoms with Crippen LogP contribution >= 0.6 is 0 Å². The topological polar surface area (TPSA) is 103 Å². The Labute approximate surface area is 152 Å². The van der Waals surface area contributed by atoms with Gasteiger partial charge in [0.1, 0.15) is 11.3 Å². The molecule has 3 heterocycles. The van der Waals surface area contributed by atoms with Gasteiger partial charge in [-0.1, -0.05) is 0 Å². The van der Waals surface area contributed by atoms with Crippen LogP contribution in [-0.4, -0.2) is 57.3 Å². The number of H-pyrrole nitrogens is 1. The summed E-state index contributed by atoms with van der Waals surface area (Å²) in [5.41, 5.74) is 1.67. The van der Waals surface area contributed by atoms with E-state index in [2.05, 4.69) is 25.6 Å². The van der Waals surface area contributed by atoms with Crippen LogP contribution in [-0.2, 0) is 4.79 Å². The lowest BCUT2D eigenvalue weighted by Gasteiger charge is -2.31. The first-order valence-electron chi connectivity index (χ1n) is 9.08. The second-order valence-corrected chi connectivity index (χ2v) is 7.11. The minimum Gasteiger partial charge on any atom is -0.368 e. The van der Waals surface area contributed by atoms with Crippen LogP contribution in [0.5, 0.6) is 0 Å². The number of carbonyl (C=O) groups excluding carboxylic acids is 2. The average molecular weight is 358 g/mol. The molecule has 0 aliphatic carbocycles. The molecule has 0 saturated carbocycles. The summed E-state index contributed by atoms with van der Waals surface area (Å²) in [5, 5.41) is 6.20. The maximum Gasteiger partial charge on any atom is 0.255 e. The number of carbonyl (C=O) groups is 2. The Hall–Kier alpha value is -2.64. The third kappa shape index (κ3) is 4.12. The van der Waals surface area contributed by atoms with E-state index < -0.39 is 0 Å². The number of hydrogen-bond donors (Lipinski definition) is 3. The van der Waals surface area contributed by atoms with Crippen molar-refractivity contribution in [3.63, 3.8) is 0 Å². The van der Waals surface area contributed by atoms with Crippen LogP contribution in [0.1, 0.15) is 44.0 Å². The second kappa shape index (κ2) is 7.72. The van der Waals surface area contributed by atoms with Gasteiger partial charge < -0.3 is 20.5 Å². The number of fused-ring (bicyclic) bond motifs is 1. The molecule has 140 valence electrons. The lowest BCUT2D eigenvalue weighted by Crippen LogP contribution is -2.38. The monoisotopic (exact) mass is 358 g/mol. The van der Waals surface area contributed by atoms with Gasteiger partial charge in [-0.3, -0.25) is 9.59 Å². The van der Waals surface area contributed by atoms with Gasteiger partial charge in [-0.15, -0.1) is 0 Å². The van der Waals surface area contributed by atoms with Crippen molar-refractivity contribution < 1.29 is 9.59 Å². The maximum absolute atomic E-state index is 12.3. The molecule has 3 rings (SSSR count). The molecule has 8 nitrogen and oxygen atoms in total. The summed E-state index contributed by atoms with van der Waals surface area (Å²) in [6, 6.07) is 0.0580. The molecule has 1 saturated heterocycles. The van der Waals surface area contributed by atoms with E-state index in [4.69, 9.17) is 0 Å². The van der Waals surface area contributed by atoms with E-state index in [1.165, 1.54) is 0 Å². The zero-order valence-electron chi connectivity index (χ0n) is 15.5. The summed E-state index contributed by atoms with van der Waals surface area (Å²) in [6.45, 7) is 7.86. The number of nitrogens with zero attached hydrogens (tertiary/aromatic N) is 3. The van der Waals surface area contributed by atoms with Gasteiger partial charge in [-0.05, 0) is 32.6 Å². The number of anilines is 1. The van der Waals surface area contributed by atoms with Crippen LogP contribution in [0.25, 0.3) is 11.2 Å². The van der Waals surface area contributed by atoms with E-state index in [1.54, 1.807) is 19.3 Å². The van der Waals surface area contributed by atoms with Crippen molar-refractivity contribution in [2.75, 3.05) is 25.0 Å². The van der Waals surface area contributed by atoms with Crippen LogP contribution in [0.4, 0.5) is 5.82 Å². The van der Waals surface area contributed by atoms with Crippen molar-refractivity contribution in [3.05, 3.63) is 18.0 Å². The fourth-order valence-electron chi connectivity index (χ4n) is 3.19. The molecule has 0 radical (unpaired) electrons. The molecule has 1 fully saturated rings. The number of rotatable bonds is 5. The van der Waals surface area contributed by atoms with E-state index >= 15 is 0 Å². The Morgan fingerprint density at radius 3 is 2.73 bits per heavy atom. The molecule has 2 aromatic rings. The summed E-state index contributed by atoms with van der Waals surface area (Å²) >= 11 is 0. The van der Waals surface area contributed by atoms with Crippen molar-refractivity contribution in [2.24, 2.45) is 5.92 Å². The Morgan fingerprint density at radius 2 is 2.08 bits per heavy atom. The van der Waals surface area contributed by atoms with Gasteiger partial charge in [0.25, 0.3) is 5.91 Å². The van der Waals surface area contributed by atoms with Crippen LogP contribution < -0.4 is 10.6 Å². The Kier molecular flexibility index (Phi) is 5.39. The Morgan fingerprint density at radius 1 is 1.35 bits per heavy atom. The number of nitrogens with one attached hydrogen (secondary N) is 3. The lowest BCUT2D eigenvalue weighted by atomic mass is 9.97. The SMILES string of the molecule is CC(=O)N1CCC(CNc2cnc3[nH]cc(C(=O)NC(C)C)c3n2)CC1. The van der Waals surface area contributed by atoms with Crippen LogP contribution in [0, 0.1) is 5.92 Å². The minimum atomic E-state index is -0.158. The minimum absolute atomic E-state index is 0.0580. The van der Waals surface area contributed by atoms with E-state index in [0.29, 0.717) is 28.5 Å². The van der Waals surface area contributed by atoms with Crippen molar-refractivity contribution in [2.45, 2.75) is 39.7 Å². The average Bonchev–Trinajstić information content (AvgIpc) is 3.03. The maximum atomic E-state index is 12.3. The van der Waals surface area contributed by atoms with Crippen LogP contribution in [0.15, 0.2) is 12.4 Å². The highest BCUT2D eigenvalue weighted by Gasteiger charge is 2.21. The molecular weight excluding hydrogens is 332 g/mol. The summed E-state index contributed by atoms with van der Waals surface area (Å²) in [7, 11) is 0. The summed E-state index contributed by atoms with van der Waals surface area (Å²) < 4.78 is 0. The highest BCUT2D eigenvalue weighted by atomic mass is 16.2. The summed E-state index contributed by atoms with van der Waals surface area (Å²) in [6.07, 6.45) is 5.28. The zero-order valence-corrected chi connectivity index (χ0v) is 15.5. The number of likely N-dealkylation sites (tertiary alicyclic amines) is 1. The Balaban J connectivity index is 1.64. The molecule has 1 aliphatic rings. The number of aromatic amines is 1. The molecule has 1 aliphatic heterocycles. The van der Waals surface area contributed by atoms with E-state index in [0.717, 1.165) is 32.5 Å². The highest BCUT2D eigenvalue weighted by Crippen LogP contribution is 2.20. The predicted molar refractivity (Wildman–Crippen MR) is 100.0 cm³/mol. The molecule has 2 amide bonds. The normalized spacial score (nSPS) is 15.5. The summed E-state index contributed by atoms with van der Waals surface area (Å²) in [5.74, 6) is 1.14. The van der Waals surface area contributed by atoms with Crippen LogP contribution in [0.2, 0.25) is 0 Å². The third-order valence-corrected chi connectivity index (χ3v) is 4.68. The van der Waals surface area contributed by atoms with Crippen molar-refractivity contribution in [3.8, 4) is 0 Å². The first-order chi connectivity index (χ1) is 12.4. The first-order valence-corrected chi connectivity index (χ1v) is 9.08. The largest absolute Gasteiger partial charge is 0.368 e. The Bertz CT molecular complexity index is 792. The molecule has 0 unspecified atom stereocenters. The number of piperidine rings is 1. The third-order valence-electron chi connectivity index (χ3n) is 4.68. The molecule has 0 atom stereocenters. The van der Waals surface area contributed by atoms with Gasteiger partial charge in [0.15, 0.2) is 5.65 Å². The molecule has 8 heteroatoms. The van der Waals surface area contributed by atoms with E-state index in [-0.39, 0.29) is 17.9 Å². The molecular formula is C18H26N6O2. The number of hydrogen-bond acceptors (Lipinski definition) is 5. The predicted octanol–water partition coefficient (Wildman–Crippen LogP) is 1.77. The summed E-state index contributed by atoms with van der Waals surface area (Å²) in [4.78, 5) is 37.5. The number of aromatic nitrogens is 3. The van der Waals surface area contributed by atoms with Gasteiger partial charge in [-0.25, -0.2) is 9.97 Å². The van der Waals surface area contributed by atoms with Gasteiger partial charge >= 0.3 is 0 Å². The molecule has 0 aromatic carbocycles. The first kappa shape index (κ1) is 18.2. The van der Waals surface area contributed by atoms with Gasteiger partial charge in [-0.2, -0.15) is 0 Å². The molecule has 3 N–H and O–H groups in total. The van der Waals surface area contributed by atoms with Crippen molar-refractivity contribution >= 4 is 28.8 Å². The van der Waals surface area contributed by atoms with Crippen molar-refractivity contribution in [1.29, 1.82) is 0 Å². The zero-order chi connectivity index (χ0) is 18.7. The fraction of sp³-hybridized carbons (Fsp3) is 0.556. The van der Waals surface area contributed by atoms with Crippen LogP contribution in [0.3, 0.4) is 0 Å². The van der Waals surface area contributed by atoms with Gasteiger partial charge in [0.05, 0.1) is 11.8 Å². The highest BCUT2D eigenvalue weighted by molar-refractivity contribution is 6.04. The van der Waals surface area contributed by atoms with E-state index in [1.807, 2.05) is 18.7 Å². The standard InChI is InChI=1S/C18H26N6O2/c1-11(2)22-18(26)14-9-20-17-16(14)23-15(10-21-17)19-8-13-4-6-24(7-5-13)12(3)25/h9-11,13H,4-8H2,1-3H3,(H,19,23)(H,20,21)(H,22,26). The molecule has 2 aromatic heterocycles. The molecule has 0 spiro atoms. The second-order valence-electron chi connectivity index (χ2n) is 7.11. The van der Waals surface area contributed by atoms with Crippen molar-refractivity contribution in [1.82, 2.24) is 25.2 Å². The molecule has 0 bridgehead atoms. The smallest absolute Gasteiger partial charge is 0.255 e. The molecule has 26 heavy (non-hydrogen) atoms. The van der Waals surface area contributed by atoms with E-state index in [9.17, 15) is 9.59 Å². The van der Waals surface area contributed by atoms with Gasteiger partial charge in [0.2, 0.25) is 5.91 Å². The quantitative estimate of drug-likeness (QED) is 0.756. The lowest BCUT2D eigenvalue weighted by molar-refractivity contribution is -0.130. The number of amides is 2. The van der Waals surface area contributed by atoms with Gasteiger partial charge in [0, 0.05) is 38.8 Å².